The van der Waals surface area contributed by atoms with Crippen LogP contribution >= 0.6 is 0 Å². The molecular formula is C13H24O2. The number of rotatable bonds is 7. The Kier molecular flexibility index (Phi) is 5.22. The van der Waals surface area contributed by atoms with E-state index < -0.39 is 5.60 Å². The third-order valence-electron chi connectivity index (χ3n) is 2.98. The van der Waals surface area contributed by atoms with Gasteiger partial charge in [-0.25, -0.2) is 0 Å². The van der Waals surface area contributed by atoms with E-state index in [-0.39, 0.29) is 11.2 Å². The van der Waals surface area contributed by atoms with Crippen LogP contribution in [0.3, 0.4) is 0 Å². The van der Waals surface area contributed by atoms with Crippen molar-refractivity contribution in [2.24, 2.45) is 5.41 Å². The Balaban J connectivity index is 4.06. The van der Waals surface area contributed by atoms with Crippen molar-refractivity contribution in [2.75, 3.05) is 6.61 Å². The molecule has 0 aromatic heterocycles. The zero-order valence-electron chi connectivity index (χ0n) is 10.7. The van der Waals surface area contributed by atoms with Crippen LogP contribution in [0.2, 0.25) is 0 Å². The van der Waals surface area contributed by atoms with Gasteiger partial charge in [0.2, 0.25) is 0 Å². The van der Waals surface area contributed by atoms with Crippen LogP contribution in [-0.4, -0.2) is 18.0 Å². The topological polar surface area (TPSA) is 26.3 Å². The molecule has 0 aliphatic heterocycles. The minimum absolute atomic E-state index is 0.0585. The summed E-state index contributed by atoms with van der Waals surface area (Å²) in [7, 11) is 0. The van der Waals surface area contributed by atoms with Gasteiger partial charge in [0.1, 0.15) is 5.60 Å². The molecule has 15 heavy (non-hydrogen) atoms. The van der Waals surface area contributed by atoms with Gasteiger partial charge < -0.3 is 4.74 Å². The van der Waals surface area contributed by atoms with E-state index in [1.165, 1.54) is 6.08 Å². The van der Waals surface area contributed by atoms with Crippen LogP contribution in [-0.2, 0) is 9.53 Å². The van der Waals surface area contributed by atoms with Gasteiger partial charge in [0.25, 0.3) is 0 Å². The van der Waals surface area contributed by atoms with Crippen LogP contribution in [0.15, 0.2) is 12.7 Å². The minimum atomic E-state index is -0.731. The molecule has 0 rings (SSSR count). The Morgan fingerprint density at radius 2 is 1.87 bits per heavy atom. The molecule has 0 aliphatic rings. The molecule has 0 aromatic carbocycles. The van der Waals surface area contributed by atoms with E-state index in [0.717, 1.165) is 12.8 Å². The number of ether oxygens (including phenoxy) is 1. The molecule has 0 saturated heterocycles. The van der Waals surface area contributed by atoms with Crippen molar-refractivity contribution in [1.82, 2.24) is 0 Å². The maximum absolute atomic E-state index is 11.4. The molecule has 0 spiro atoms. The summed E-state index contributed by atoms with van der Waals surface area (Å²) in [5.41, 5.74) is -0.446. The summed E-state index contributed by atoms with van der Waals surface area (Å²) in [6, 6.07) is 0. The van der Waals surface area contributed by atoms with Crippen LogP contribution in [0, 0.1) is 5.41 Å². The van der Waals surface area contributed by atoms with Gasteiger partial charge in [-0.15, -0.1) is 0 Å². The molecule has 88 valence electrons. The molecule has 0 atom stereocenters. The standard InChI is InChI=1S/C13H24O2/c1-7-11(14)13(5,6)15-10-9-12(3,4)8-2/h7H,1,8-10H2,2-6H3. The van der Waals surface area contributed by atoms with Gasteiger partial charge in [0.15, 0.2) is 5.78 Å². The van der Waals surface area contributed by atoms with Gasteiger partial charge in [-0.05, 0) is 31.8 Å². The summed E-state index contributed by atoms with van der Waals surface area (Å²) in [6.45, 7) is 14.2. The van der Waals surface area contributed by atoms with Crippen molar-refractivity contribution in [1.29, 1.82) is 0 Å². The normalized spacial score (nSPS) is 12.6. The lowest BCUT2D eigenvalue weighted by molar-refractivity contribution is -0.136. The maximum Gasteiger partial charge on any atom is 0.186 e. The van der Waals surface area contributed by atoms with E-state index in [1.807, 2.05) is 0 Å². The Morgan fingerprint density at radius 3 is 2.27 bits per heavy atom. The Morgan fingerprint density at radius 1 is 1.33 bits per heavy atom. The molecule has 0 heterocycles. The second-order valence-electron chi connectivity index (χ2n) is 5.19. The predicted molar refractivity (Wildman–Crippen MR) is 63.9 cm³/mol. The molecule has 0 unspecified atom stereocenters. The third-order valence-corrected chi connectivity index (χ3v) is 2.98. The number of carbonyl (C=O) groups excluding carboxylic acids is 1. The highest BCUT2D eigenvalue weighted by atomic mass is 16.5. The first-order valence-corrected chi connectivity index (χ1v) is 5.56. The molecule has 0 amide bonds. The lowest BCUT2D eigenvalue weighted by atomic mass is 9.87. The van der Waals surface area contributed by atoms with Gasteiger partial charge in [-0.1, -0.05) is 33.8 Å². The molecule has 2 nitrogen and oxygen atoms in total. The van der Waals surface area contributed by atoms with Gasteiger partial charge in [0.05, 0.1) is 0 Å². The van der Waals surface area contributed by atoms with Crippen molar-refractivity contribution in [3.8, 4) is 0 Å². The smallest absolute Gasteiger partial charge is 0.186 e. The Bertz CT molecular complexity index is 227. The van der Waals surface area contributed by atoms with Crippen LogP contribution < -0.4 is 0 Å². The SMILES string of the molecule is C=CC(=O)C(C)(C)OCCC(C)(C)CC. The van der Waals surface area contributed by atoms with E-state index >= 15 is 0 Å². The van der Waals surface area contributed by atoms with Crippen molar-refractivity contribution in [2.45, 2.75) is 53.1 Å². The summed E-state index contributed by atoms with van der Waals surface area (Å²) in [5, 5.41) is 0. The largest absolute Gasteiger partial charge is 0.367 e. The summed E-state index contributed by atoms with van der Waals surface area (Å²) in [5.74, 6) is -0.0585. The quantitative estimate of drug-likeness (QED) is 0.605. The molecule has 0 aromatic rings. The van der Waals surface area contributed by atoms with E-state index in [9.17, 15) is 4.79 Å². The molecule has 0 bridgehead atoms. The molecule has 0 fully saturated rings. The van der Waals surface area contributed by atoms with E-state index in [0.29, 0.717) is 6.61 Å². The zero-order valence-corrected chi connectivity index (χ0v) is 10.7. The van der Waals surface area contributed by atoms with Gasteiger partial charge in [-0.2, -0.15) is 0 Å². The number of ketones is 1. The molecule has 0 N–H and O–H groups in total. The molecule has 2 heteroatoms. The van der Waals surface area contributed by atoms with Gasteiger partial charge in [-0.3, -0.25) is 4.79 Å². The first-order chi connectivity index (χ1) is 6.75. The highest BCUT2D eigenvalue weighted by Crippen LogP contribution is 2.25. The lowest BCUT2D eigenvalue weighted by Crippen LogP contribution is -2.34. The van der Waals surface area contributed by atoms with Crippen LogP contribution in [0.5, 0.6) is 0 Å². The second kappa shape index (κ2) is 5.45. The lowest BCUT2D eigenvalue weighted by Gasteiger charge is -2.27. The summed E-state index contributed by atoms with van der Waals surface area (Å²) in [4.78, 5) is 11.4. The van der Waals surface area contributed by atoms with Crippen molar-refractivity contribution in [3.05, 3.63) is 12.7 Å². The van der Waals surface area contributed by atoms with E-state index in [1.54, 1.807) is 13.8 Å². The predicted octanol–water partition coefficient (Wildman–Crippen LogP) is 3.36. The van der Waals surface area contributed by atoms with E-state index in [4.69, 9.17) is 4.74 Å². The second-order valence-corrected chi connectivity index (χ2v) is 5.19. The van der Waals surface area contributed by atoms with Crippen LogP contribution in [0.25, 0.3) is 0 Å². The van der Waals surface area contributed by atoms with Crippen LogP contribution in [0.1, 0.15) is 47.5 Å². The zero-order chi connectivity index (χ0) is 12.1. The molecule has 0 saturated carbocycles. The number of carbonyl (C=O) groups is 1. The summed E-state index contributed by atoms with van der Waals surface area (Å²) < 4.78 is 5.60. The highest BCUT2D eigenvalue weighted by Gasteiger charge is 2.26. The van der Waals surface area contributed by atoms with Crippen molar-refractivity contribution >= 4 is 5.78 Å². The van der Waals surface area contributed by atoms with Crippen molar-refractivity contribution in [3.63, 3.8) is 0 Å². The molecular weight excluding hydrogens is 188 g/mol. The van der Waals surface area contributed by atoms with Crippen LogP contribution in [0.4, 0.5) is 0 Å². The highest BCUT2D eigenvalue weighted by molar-refractivity contribution is 5.95. The van der Waals surface area contributed by atoms with E-state index in [2.05, 4.69) is 27.4 Å². The minimum Gasteiger partial charge on any atom is -0.367 e. The fourth-order valence-corrected chi connectivity index (χ4v) is 1.08. The summed E-state index contributed by atoms with van der Waals surface area (Å²) in [6.07, 6.45) is 3.41. The first kappa shape index (κ1) is 14.4. The monoisotopic (exact) mass is 212 g/mol. The first-order valence-electron chi connectivity index (χ1n) is 5.56. The Labute approximate surface area is 93.7 Å². The molecule has 0 aliphatic carbocycles. The number of hydrogen-bond donors (Lipinski definition) is 0. The summed E-state index contributed by atoms with van der Waals surface area (Å²) >= 11 is 0. The Hall–Kier alpha value is -0.630. The third kappa shape index (κ3) is 5.12. The fourth-order valence-electron chi connectivity index (χ4n) is 1.08. The van der Waals surface area contributed by atoms with Gasteiger partial charge in [0, 0.05) is 6.61 Å². The number of hydrogen-bond acceptors (Lipinski definition) is 2. The van der Waals surface area contributed by atoms with Gasteiger partial charge >= 0.3 is 0 Å². The van der Waals surface area contributed by atoms with Crippen molar-refractivity contribution < 1.29 is 9.53 Å². The molecule has 0 radical (unpaired) electrons. The fraction of sp³-hybridized carbons (Fsp3) is 0.769. The maximum atomic E-state index is 11.4. The average molecular weight is 212 g/mol. The average Bonchev–Trinajstić information content (AvgIpc) is 2.16.